The first kappa shape index (κ1) is 10.9. The van der Waals surface area contributed by atoms with E-state index in [1.54, 1.807) is 0 Å². The van der Waals surface area contributed by atoms with Crippen LogP contribution in [0.2, 0.25) is 0 Å². The maximum Gasteiger partial charge on any atom is 0.187 e. The third-order valence-corrected chi connectivity index (χ3v) is 2.96. The number of hydrogen-bond donors (Lipinski definition) is 0. The number of carbonyl (C=O) groups is 1. The molecule has 0 atom stereocenters. The molecule has 0 fully saturated rings. The molecule has 2 heterocycles. The summed E-state index contributed by atoms with van der Waals surface area (Å²) in [6.45, 7) is 1.88. The van der Waals surface area contributed by atoms with Gasteiger partial charge in [-0.15, -0.1) is 11.3 Å². The lowest BCUT2D eigenvalue weighted by molar-refractivity contribution is 0.0988. The van der Waals surface area contributed by atoms with E-state index < -0.39 is 5.82 Å². The topological polar surface area (TPSA) is 42.9 Å². The maximum atomic E-state index is 12.6. The van der Waals surface area contributed by atoms with Crippen molar-refractivity contribution in [3.63, 3.8) is 0 Å². The minimum Gasteiger partial charge on any atom is -0.292 e. The van der Waals surface area contributed by atoms with Crippen molar-refractivity contribution in [2.45, 2.75) is 13.3 Å². The Bertz CT molecular complexity index is 507. The van der Waals surface area contributed by atoms with Gasteiger partial charge in [-0.3, -0.25) is 9.78 Å². The molecule has 0 radical (unpaired) electrons. The number of halogens is 1. The Kier molecular flexibility index (Phi) is 3.05. The molecule has 2 rings (SSSR count). The van der Waals surface area contributed by atoms with Gasteiger partial charge >= 0.3 is 0 Å². The highest BCUT2D eigenvalue weighted by molar-refractivity contribution is 7.09. The predicted octanol–water partition coefficient (Wildman–Crippen LogP) is 2.41. The number of hydrogen-bond acceptors (Lipinski definition) is 4. The Morgan fingerprint density at radius 3 is 2.88 bits per heavy atom. The van der Waals surface area contributed by atoms with Gasteiger partial charge in [-0.1, -0.05) is 0 Å². The Hall–Kier alpha value is -1.62. The molecule has 0 bridgehead atoms. The number of aryl methyl sites for hydroxylation is 1. The molecule has 0 spiro atoms. The maximum absolute atomic E-state index is 12.6. The first-order valence-corrected chi connectivity index (χ1v) is 5.59. The van der Waals surface area contributed by atoms with Crippen LogP contribution in [0.4, 0.5) is 4.39 Å². The standard InChI is InChI=1S/C11H9FN2OS/c1-7-6-16-11(14-7)4-10(15)9-3-2-8(12)5-13-9/h2-3,5-6H,4H2,1H3. The predicted molar refractivity (Wildman–Crippen MR) is 59.1 cm³/mol. The quantitative estimate of drug-likeness (QED) is 0.768. The van der Waals surface area contributed by atoms with Gasteiger partial charge in [-0.05, 0) is 19.1 Å². The van der Waals surface area contributed by atoms with Crippen LogP contribution < -0.4 is 0 Å². The van der Waals surface area contributed by atoms with Crippen molar-refractivity contribution in [1.29, 1.82) is 0 Å². The van der Waals surface area contributed by atoms with Crippen molar-refractivity contribution in [3.05, 3.63) is 45.9 Å². The molecule has 5 heteroatoms. The normalized spacial score (nSPS) is 10.4. The molecule has 3 nitrogen and oxygen atoms in total. The van der Waals surface area contributed by atoms with E-state index in [0.29, 0.717) is 0 Å². The minimum atomic E-state index is -0.443. The number of ketones is 1. The van der Waals surface area contributed by atoms with Crippen LogP contribution in [0.25, 0.3) is 0 Å². The zero-order chi connectivity index (χ0) is 11.5. The molecule has 0 aliphatic heterocycles. The molecule has 0 saturated carbocycles. The zero-order valence-electron chi connectivity index (χ0n) is 8.61. The molecule has 0 aromatic carbocycles. The van der Waals surface area contributed by atoms with Crippen molar-refractivity contribution >= 4 is 17.1 Å². The molecule has 0 unspecified atom stereocenters. The van der Waals surface area contributed by atoms with Gasteiger partial charge in [0.25, 0.3) is 0 Å². The molecule has 82 valence electrons. The highest BCUT2D eigenvalue weighted by atomic mass is 32.1. The lowest BCUT2D eigenvalue weighted by Gasteiger charge is -1.97. The van der Waals surface area contributed by atoms with E-state index in [2.05, 4.69) is 9.97 Å². The van der Waals surface area contributed by atoms with Crippen LogP contribution in [0, 0.1) is 12.7 Å². The second-order valence-electron chi connectivity index (χ2n) is 3.34. The monoisotopic (exact) mass is 236 g/mol. The van der Waals surface area contributed by atoms with Gasteiger partial charge in [0.05, 0.1) is 12.6 Å². The lowest BCUT2D eigenvalue weighted by atomic mass is 10.2. The average molecular weight is 236 g/mol. The van der Waals surface area contributed by atoms with Crippen molar-refractivity contribution in [2.75, 3.05) is 0 Å². The van der Waals surface area contributed by atoms with E-state index in [1.807, 2.05) is 12.3 Å². The van der Waals surface area contributed by atoms with E-state index in [-0.39, 0.29) is 17.9 Å². The van der Waals surface area contributed by atoms with Crippen LogP contribution in [0.3, 0.4) is 0 Å². The zero-order valence-corrected chi connectivity index (χ0v) is 9.42. The highest BCUT2D eigenvalue weighted by Gasteiger charge is 2.10. The summed E-state index contributed by atoms with van der Waals surface area (Å²) >= 11 is 1.44. The van der Waals surface area contributed by atoms with Gasteiger partial charge in [0.1, 0.15) is 16.5 Å². The van der Waals surface area contributed by atoms with Crippen LogP contribution >= 0.6 is 11.3 Å². The summed E-state index contributed by atoms with van der Waals surface area (Å²) in [5, 5.41) is 2.65. The summed E-state index contributed by atoms with van der Waals surface area (Å²) < 4.78 is 12.6. The molecular weight excluding hydrogens is 227 g/mol. The fourth-order valence-corrected chi connectivity index (χ4v) is 2.02. The van der Waals surface area contributed by atoms with E-state index in [1.165, 1.54) is 23.5 Å². The fourth-order valence-electron chi connectivity index (χ4n) is 1.25. The second-order valence-corrected chi connectivity index (χ2v) is 4.29. The first-order chi connectivity index (χ1) is 7.65. The molecule has 0 aliphatic carbocycles. The van der Waals surface area contributed by atoms with E-state index in [4.69, 9.17) is 0 Å². The molecule has 16 heavy (non-hydrogen) atoms. The highest BCUT2D eigenvalue weighted by Crippen LogP contribution is 2.11. The van der Waals surface area contributed by atoms with E-state index in [0.717, 1.165) is 16.9 Å². The summed E-state index contributed by atoms with van der Waals surface area (Å²) in [4.78, 5) is 19.6. The number of aromatic nitrogens is 2. The first-order valence-electron chi connectivity index (χ1n) is 4.71. The van der Waals surface area contributed by atoms with Crippen molar-refractivity contribution in [1.82, 2.24) is 9.97 Å². The number of pyridine rings is 1. The van der Waals surface area contributed by atoms with Crippen LogP contribution in [0.15, 0.2) is 23.7 Å². The summed E-state index contributed by atoms with van der Waals surface area (Å²) in [7, 11) is 0. The molecule has 2 aromatic heterocycles. The summed E-state index contributed by atoms with van der Waals surface area (Å²) in [5.74, 6) is -0.587. The lowest BCUT2D eigenvalue weighted by Crippen LogP contribution is -2.05. The van der Waals surface area contributed by atoms with Crippen LogP contribution in [-0.4, -0.2) is 15.8 Å². The number of carbonyl (C=O) groups excluding carboxylic acids is 1. The Balaban J connectivity index is 2.11. The SMILES string of the molecule is Cc1csc(CC(=O)c2ccc(F)cn2)n1. The summed E-state index contributed by atoms with van der Waals surface area (Å²) in [5.41, 5.74) is 1.18. The summed E-state index contributed by atoms with van der Waals surface area (Å²) in [6, 6.07) is 2.62. The van der Waals surface area contributed by atoms with Crippen molar-refractivity contribution in [3.8, 4) is 0 Å². The van der Waals surface area contributed by atoms with Crippen LogP contribution in [0.1, 0.15) is 21.2 Å². The third kappa shape index (κ3) is 2.49. The van der Waals surface area contributed by atoms with Crippen LogP contribution in [-0.2, 0) is 6.42 Å². The van der Waals surface area contributed by atoms with Gasteiger partial charge in [-0.25, -0.2) is 9.37 Å². The average Bonchev–Trinajstić information content (AvgIpc) is 2.65. The number of thiazole rings is 1. The van der Waals surface area contributed by atoms with Gasteiger partial charge in [0.2, 0.25) is 0 Å². The molecular formula is C11H9FN2OS. The summed E-state index contributed by atoms with van der Waals surface area (Å²) in [6.07, 6.45) is 1.26. The van der Waals surface area contributed by atoms with Gasteiger partial charge in [0, 0.05) is 11.1 Å². The van der Waals surface area contributed by atoms with E-state index >= 15 is 0 Å². The number of rotatable bonds is 3. The van der Waals surface area contributed by atoms with Gasteiger partial charge in [-0.2, -0.15) is 0 Å². The van der Waals surface area contributed by atoms with Gasteiger partial charge in [0.15, 0.2) is 5.78 Å². The largest absolute Gasteiger partial charge is 0.292 e. The van der Waals surface area contributed by atoms with Crippen LogP contribution in [0.5, 0.6) is 0 Å². The molecule has 0 aliphatic rings. The molecule has 2 aromatic rings. The fraction of sp³-hybridized carbons (Fsp3) is 0.182. The van der Waals surface area contributed by atoms with Gasteiger partial charge < -0.3 is 0 Å². The van der Waals surface area contributed by atoms with Crippen molar-refractivity contribution in [2.24, 2.45) is 0 Å². The second kappa shape index (κ2) is 4.49. The Morgan fingerprint density at radius 2 is 2.31 bits per heavy atom. The Morgan fingerprint density at radius 1 is 1.50 bits per heavy atom. The smallest absolute Gasteiger partial charge is 0.187 e. The molecule has 0 saturated heterocycles. The Labute approximate surface area is 96.0 Å². The number of nitrogens with zero attached hydrogens (tertiary/aromatic N) is 2. The molecule has 0 N–H and O–H groups in total. The number of Topliss-reactive ketones (excluding diaryl/α,β-unsaturated/α-hetero) is 1. The third-order valence-electron chi connectivity index (χ3n) is 1.99. The van der Waals surface area contributed by atoms with E-state index in [9.17, 15) is 9.18 Å². The van der Waals surface area contributed by atoms with Crippen molar-refractivity contribution < 1.29 is 9.18 Å². The minimum absolute atomic E-state index is 0.144. The molecule has 0 amide bonds.